The molecule has 2 rings (SSSR count). The molecule has 3 N–H and O–H groups in total. The molecular formula is C11H11ClN2O2S2. The van der Waals surface area contributed by atoms with Crippen LogP contribution in [0.15, 0.2) is 34.5 Å². The summed E-state index contributed by atoms with van der Waals surface area (Å²) in [5.41, 5.74) is 7.59. The molecule has 0 aliphatic heterocycles. The second-order valence-electron chi connectivity index (χ2n) is 3.74. The maximum atomic E-state index is 12.0. The van der Waals surface area contributed by atoms with Crippen LogP contribution < -0.4 is 10.5 Å². The van der Waals surface area contributed by atoms with Crippen LogP contribution in [-0.2, 0) is 10.0 Å². The molecule has 0 saturated heterocycles. The van der Waals surface area contributed by atoms with Gasteiger partial charge in [0.1, 0.15) is 4.21 Å². The average Bonchev–Trinajstić information content (AvgIpc) is 2.71. The van der Waals surface area contributed by atoms with E-state index in [1.807, 2.05) is 6.92 Å². The van der Waals surface area contributed by atoms with Crippen LogP contribution in [0.5, 0.6) is 0 Å². The van der Waals surface area contributed by atoms with Crippen molar-refractivity contribution in [1.82, 2.24) is 0 Å². The maximum Gasteiger partial charge on any atom is 0.271 e. The SMILES string of the molecule is Cc1cc(NS(=O)(=O)c2ccc(Cl)s2)ccc1N. The number of rotatable bonds is 3. The van der Waals surface area contributed by atoms with E-state index >= 15 is 0 Å². The van der Waals surface area contributed by atoms with E-state index in [2.05, 4.69) is 4.72 Å². The van der Waals surface area contributed by atoms with E-state index in [0.717, 1.165) is 16.9 Å². The molecule has 0 atom stereocenters. The molecule has 7 heteroatoms. The summed E-state index contributed by atoms with van der Waals surface area (Å²) in [6.07, 6.45) is 0. The Balaban J connectivity index is 2.30. The smallest absolute Gasteiger partial charge is 0.271 e. The minimum absolute atomic E-state index is 0.182. The van der Waals surface area contributed by atoms with E-state index in [4.69, 9.17) is 17.3 Å². The normalized spacial score (nSPS) is 11.4. The second-order valence-corrected chi connectivity index (χ2v) is 7.36. The molecule has 0 aliphatic rings. The van der Waals surface area contributed by atoms with Crippen molar-refractivity contribution in [3.8, 4) is 0 Å². The first-order chi connectivity index (χ1) is 8.38. The largest absolute Gasteiger partial charge is 0.399 e. The van der Waals surface area contributed by atoms with Gasteiger partial charge in [0.15, 0.2) is 0 Å². The first-order valence-electron chi connectivity index (χ1n) is 5.03. The molecule has 0 aliphatic carbocycles. The zero-order valence-corrected chi connectivity index (χ0v) is 11.9. The predicted molar refractivity (Wildman–Crippen MR) is 75.7 cm³/mol. The lowest BCUT2D eigenvalue weighted by molar-refractivity contribution is 0.603. The highest BCUT2D eigenvalue weighted by Gasteiger charge is 2.16. The van der Waals surface area contributed by atoms with Gasteiger partial charge in [0.05, 0.1) is 4.34 Å². The molecule has 0 amide bonds. The minimum atomic E-state index is -3.58. The molecule has 0 spiro atoms. The standard InChI is InChI=1S/C11H11ClN2O2S2/c1-7-6-8(2-3-9(7)13)14-18(15,16)11-5-4-10(12)17-11/h2-6,14H,13H2,1H3. The molecule has 1 aromatic heterocycles. The Bertz CT molecular complexity index is 680. The van der Waals surface area contributed by atoms with Crippen molar-refractivity contribution in [3.05, 3.63) is 40.2 Å². The van der Waals surface area contributed by atoms with Crippen LogP contribution in [0.25, 0.3) is 0 Å². The quantitative estimate of drug-likeness (QED) is 0.856. The van der Waals surface area contributed by atoms with Gasteiger partial charge in [0.25, 0.3) is 10.0 Å². The van der Waals surface area contributed by atoms with Gasteiger partial charge >= 0.3 is 0 Å². The van der Waals surface area contributed by atoms with Crippen LogP contribution in [0.2, 0.25) is 4.34 Å². The molecule has 1 heterocycles. The van der Waals surface area contributed by atoms with Crippen molar-refractivity contribution in [2.24, 2.45) is 0 Å². The first-order valence-corrected chi connectivity index (χ1v) is 7.70. The summed E-state index contributed by atoms with van der Waals surface area (Å²) < 4.78 is 27.1. The lowest BCUT2D eigenvalue weighted by Crippen LogP contribution is -2.11. The number of nitrogens with one attached hydrogen (secondary N) is 1. The fraction of sp³-hybridized carbons (Fsp3) is 0.0909. The van der Waals surface area contributed by atoms with E-state index in [-0.39, 0.29) is 4.21 Å². The molecule has 0 unspecified atom stereocenters. The summed E-state index contributed by atoms with van der Waals surface area (Å²) in [5.74, 6) is 0. The van der Waals surface area contributed by atoms with Gasteiger partial charge in [0.2, 0.25) is 0 Å². The number of aryl methyl sites for hydroxylation is 1. The van der Waals surface area contributed by atoms with Gasteiger partial charge in [-0.15, -0.1) is 11.3 Å². The molecule has 0 fully saturated rings. The Hall–Kier alpha value is -1.24. The van der Waals surface area contributed by atoms with E-state index in [1.165, 1.54) is 6.07 Å². The van der Waals surface area contributed by atoms with E-state index in [9.17, 15) is 8.42 Å². The highest BCUT2D eigenvalue weighted by Crippen LogP contribution is 2.27. The summed E-state index contributed by atoms with van der Waals surface area (Å²) in [4.78, 5) is 0. The van der Waals surface area contributed by atoms with Crippen LogP contribution >= 0.6 is 22.9 Å². The van der Waals surface area contributed by atoms with Crippen LogP contribution in [0, 0.1) is 6.92 Å². The van der Waals surface area contributed by atoms with E-state index in [0.29, 0.717) is 15.7 Å². The predicted octanol–water partition coefficient (Wildman–Crippen LogP) is 3.09. The van der Waals surface area contributed by atoms with Gasteiger partial charge in [0, 0.05) is 11.4 Å². The molecule has 96 valence electrons. The number of nitrogen functional groups attached to an aromatic ring is 1. The highest BCUT2D eigenvalue weighted by atomic mass is 35.5. The van der Waals surface area contributed by atoms with Gasteiger partial charge in [-0.25, -0.2) is 8.42 Å². The van der Waals surface area contributed by atoms with Crippen molar-refractivity contribution in [2.45, 2.75) is 11.1 Å². The maximum absolute atomic E-state index is 12.0. The summed E-state index contributed by atoms with van der Waals surface area (Å²) >= 11 is 6.74. The van der Waals surface area contributed by atoms with Crippen molar-refractivity contribution in [1.29, 1.82) is 0 Å². The van der Waals surface area contributed by atoms with Crippen molar-refractivity contribution >= 4 is 44.3 Å². The number of hydrogen-bond donors (Lipinski definition) is 2. The Kier molecular flexibility index (Phi) is 3.52. The lowest BCUT2D eigenvalue weighted by Gasteiger charge is -2.08. The van der Waals surface area contributed by atoms with E-state index in [1.54, 1.807) is 24.3 Å². The Labute approximate surface area is 114 Å². The third-order valence-corrected chi connectivity index (χ3v) is 5.44. The van der Waals surface area contributed by atoms with Crippen molar-refractivity contribution in [3.63, 3.8) is 0 Å². The Morgan fingerprint density at radius 2 is 2.00 bits per heavy atom. The summed E-state index contributed by atoms with van der Waals surface area (Å²) in [5, 5.41) is 0. The third kappa shape index (κ3) is 2.77. The van der Waals surface area contributed by atoms with Crippen molar-refractivity contribution in [2.75, 3.05) is 10.5 Å². The van der Waals surface area contributed by atoms with Crippen molar-refractivity contribution < 1.29 is 8.42 Å². The fourth-order valence-electron chi connectivity index (χ4n) is 1.39. The zero-order chi connectivity index (χ0) is 13.3. The fourth-order valence-corrected chi connectivity index (χ4v) is 3.92. The van der Waals surface area contributed by atoms with Gasteiger partial charge < -0.3 is 5.73 Å². The third-order valence-electron chi connectivity index (χ3n) is 2.34. The van der Waals surface area contributed by atoms with Crippen LogP contribution in [0.1, 0.15) is 5.56 Å². The minimum Gasteiger partial charge on any atom is -0.399 e. The number of nitrogens with two attached hydrogens (primary N) is 1. The number of sulfonamides is 1. The number of hydrogen-bond acceptors (Lipinski definition) is 4. The second kappa shape index (κ2) is 4.79. The molecule has 0 radical (unpaired) electrons. The number of halogens is 1. The molecule has 18 heavy (non-hydrogen) atoms. The molecule has 0 saturated carbocycles. The van der Waals surface area contributed by atoms with Gasteiger partial charge in [-0.3, -0.25) is 4.72 Å². The molecule has 4 nitrogen and oxygen atoms in total. The summed E-state index contributed by atoms with van der Waals surface area (Å²) in [6, 6.07) is 7.99. The topological polar surface area (TPSA) is 72.2 Å². The summed E-state index contributed by atoms with van der Waals surface area (Å²) in [6.45, 7) is 1.81. The lowest BCUT2D eigenvalue weighted by atomic mass is 10.2. The number of thiophene rings is 1. The molecule has 2 aromatic rings. The van der Waals surface area contributed by atoms with Crippen LogP contribution in [0.4, 0.5) is 11.4 Å². The Morgan fingerprint density at radius 1 is 1.28 bits per heavy atom. The number of anilines is 2. The molecular weight excluding hydrogens is 292 g/mol. The van der Waals surface area contributed by atoms with E-state index < -0.39 is 10.0 Å². The van der Waals surface area contributed by atoms with Gasteiger partial charge in [-0.2, -0.15) is 0 Å². The zero-order valence-electron chi connectivity index (χ0n) is 9.48. The van der Waals surface area contributed by atoms with Gasteiger partial charge in [-0.05, 0) is 42.8 Å². The molecule has 1 aromatic carbocycles. The van der Waals surface area contributed by atoms with Gasteiger partial charge in [-0.1, -0.05) is 11.6 Å². The van der Waals surface area contributed by atoms with Crippen LogP contribution in [-0.4, -0.2) is 8.42 Å². The monoisotopic (exact) mass is 302 g/mol. The summed E-state index contributed by atoms with van der Waals surface area (Å²) in [7, 11) is -3.58. The highest BCUT2D eigenvalue weighted by molar-refractivity contribution is 7.94. The first kappa shape index (κ1) is 13.2. The molecule has 0 bridgehead atoms. The Morgan fingerprint density at radius 3 is 2.56 bits per heavy atom. The average molecular weight is 303 g/mol. The van der Waals surface area contributed by atoms with Crippen LogP contribution in [0.3, 0.4) is 0 Å². The number of benzene rings is 1.